The van der Waals surface area contributed by atoms with Crippen LogP contribution in [0.15, 0.2) is 115 Å². The molecular weight excluding hydrogens is 622 g/mol. The molecule has 1 N–H and O–H groups in total. The first-order chi connectivity index (χ1) is 24.2. The van der Waals surface area contributed by atoms with Crippen molar-refractivity contribution < 1.29 is 24.3 Å². The highest BCUT2D eigenvalue weighted by atomic mass is 16.3. The van der Waals surface area contributed by atoms with Crippen LogP contribution in [0.4, 0.5) is 5.69 Å². The van der Waals surface area contributed by atoms with E-state index in [0.717, 1.165) is 28.7 Å². The molecule has 1 saturated carbocycles. The zero-order valence-electron chi connectivity index (χ0n) is 28.4. The molecule has 4 aromatic carbocycles. The number of benzene rings is 4. The van der Waals surface area contributed by atoms with Crippen molar-refractivity contribution in [2.45, 2.75) is 51.4 Å². The zero-order valence-corrected chi connectivity index (χ0v) is 28.4. The number of amides is 2. The van der Waals surface area contributed by atoms with Gasteiger partial charge in [0.25, 0.3) is 0 Å². The van der Waals surface area contributed by atoms with E-state index in [2.05, 4.69) is 13.0 Å². The molecule has 3 aliphatic carbocycles. The van der Waals surface area contributed by atoms with Crippen LogP contribution in [0, 0.1) is 37.5 Å². The molecule has 6 unspecified atom stereocenters. The number of imide groups is 1. The molecule has 0 bridgehead atoms. The van der Waals surface area contributed by atoms with Crippen molar-refractivity contribution >= 4 is 34.6 Å². The fourth-order valence-electron chi connectivity index (χ4n) is 9.54. The van der Waals surface area contributed by atoms with E-state index in [9.17, 15) is 14.7 Å². The average Bonchev–Trinajstić information content (AvgIpc) is 3.40. The van der Waals surface area contributed by atoms with E-state index in [1.165, 1.54) is 11.0 Å². The Labute approximate surface area is 292 Å². The van der Waals surface area contributed by atoms with E-state index < -0.39 is 35.0 Å². The molecule has 50 heavy (non-hydrogen) atoms. The second-order valence-corrected chi connectivity index (χ2v) is 14.3. The highest BCUT2D eigenvalue weighted by Crippen LogP contribution is 2.64. The fourth-order valence-corrected chi connectivity index (χ4v) is 9.54. The van der Waals surface area contributed by atoms with Crippen LogP contribution >= 0.6 is 0 Å². The van der Waals surface area contributed by atoms with Gasteiger partial charge in [-0.25, -0.2) is 0 Å². The van der Waals surface area contributed by atoms with Gasteiger partial charge in [0.1, 0.15) is 5.75 Å². The molecule has 4 aliphatic rings. The van der Waals surface area contributed by atoms with Crippen molar-refractivity contribution in [3.63, 3.8) is 0 Å². The number of phenols is 1. The van der Waals surface area contributed by atoms with Crippen LogP contribution in [-0.4, -0.2) is 28.5 Å². The summed E-state index contributed by atoms with van der Waals surface area (Å²) in [4.78, 5) is 60.3. The minimum atomic E-state index is -1.30. The highest BCUT2D eigenvalue weighted by Gasteiger charge is 2.66. The molecule has 2 amide bonds. The Morgan fingerprint density at radius 2 is 1.44 bits per heavy atom. The largest absolute Gasteiger partial charge is 0.507 e. The summed E-state index contributed by atoms with van der Waals surface area (Å²) in [5.41, 5.74) is 5.22. The monoisotopic (exact) mass is 661 g/mol. The molecule has 0 radical (unpaired) electrons. The van der Waals surface area contributed by atoms with E-state index in [0.29, 0.717) is 34.4 Å². The number of aryl methyl sites for hydroxylation is 3. The normalized spacial score (nSPS) is 27.3. The topological polar surface area (TPSA) is 91.8 Å². The molecule has 8 rings (SSSR count). The van der Waals surface area contributed by atoms with Crippen molar-refractivity contribution in [1.82, 2.24) is 0 Å². The maximum atomic E-state index is 15.2. The first-order valence-electron chi connectivity index (χ1n) is 17.5. The van der Waals surface area contributed by atoms with Crippen LogP contribution in [0.3, 0.4) is 0 Å². The lowest BCUT2D eigenvalue weighted by atomic mass is 9.44. The van der Waals surface area contributed by atoms with Gasteiger partial charge in [0.15, 0.2) is 11.6 Å². The molecule has 4 aromatic rings. The third kappa shape index (κ3) is 4.54. The lowest BCUT2D eigenvalue weighted by molar-refractivity contribution is -0.135. The summed E-state index contributed by atoms with van der Waals surface area (Å²) in [6.07, 6.45) is 5.08. The fraction of sp³-hybridized carbons (Fsp3) is 0.273. The summed E-state index contributed by atoms with van der Waals surface area (Å²) in [7, 11) is 0. The first-order valence-corrected chi connectivity index (χ1v) is 17.5. The number of phenolic OH excluding ortho intramolecular Hbond substituents is 1. The minimum absolute atomic E-state index is 0.137. The Morgan fingerprint density at radius 3 is 2.08 bits per heavy atom. The molecular formula is C44H39NO5. The van der Waals surface area contributed by atoms with Gasteiger partial charge in [0.05, 0.1) is 22.9 Å². The predicted octanol–water partition coefficient (Wildman–Crippen LogP) is 7.60. The second kappa shape index (κ2) is 11.9. The van der Waals surface area contributed by atoms with Gasteiger partial charge in [0, 0.05) is 17.4 Å². The quantitative estimate of drug-likeness (QED) is 0.176. The standard InChI is InChI=1S/C44H39NO5/c1-4-27-15-17-31(18-16-27)45-42(49)33-20-19-32-35(38(33)43(45)50)23-36-41(48)34(28-11-7-5-8-12-28)24-37(46)44(36,30-13-9-6-10-14-30)39(32)29-21-25(2)40(47)26(3)22-29/h5-19,21-22,24,33,35-36,38-39,47H,4,20,23H2,1-3H3. The number of carbonyl (C=O) groups excluding carboxylic acids is 4. The predicted molar refractivity (Wildman–Crippen MR) is 192 cm³/mol. The molecule has 1 heterocycles. The number of Topliss-reactive ketones (excluding diaryl/α,β-unsaturated/α-hetero) is 1. The van der Waals surface area contributed by atoms with E-state index in [4.69, 9.17) is 0 Å². The number of fused-ring (bicyclic) bond motifs is 4. The number of hydrogen-bond acceptors (Lipinski definition) is 5. The maximum absolute atomic E-state index is 15.2. The van der Waals surface area contributed by atoms with E-state index in [1.54, 1.807) is 0 Å². The van der Waals surface area contributed by atoms with Gasteiger partial charge in [-0.2, -0.15) is 0 Å². The molecule has 0 aromatic heterocycles. The van der Waals surface area contributed by atoms with E-state index in [-0.39, 0.29) is 35.6 Å². The Balaban J connectivity index is 1.36. The third-order valence-electron chi connectivity index (χ3n) is 11.8. The van der Waals surface area contributed by atoms with Gasteiger partial charge in [-0.3, -0.25) is 24.1 Å². The van der Waals surface area contributed by atoms with Gasteiger partial charge in [-0.15, -0.1) is 0 Å². The summed E-state index contributed by atoms with van der Waals surface area (Å²) >= 11 is 0. The van der Waals surface area contributed by atoms with E-state index >= 15 is 9.59 Å². The van der Waals surface area contributed by atoms with Crippen LogP contribution in [0.2, 0.25) is 0 Å². The SMILES string of the molecule is CCc1ccc(N2C(=O)C3CC=C4C(CC5C(=O)C(c6ccccc6)=CC(=O)C5(c5ccccc5)C4c4cc(C)c(O)c(C)c4)C3C2=O)cc1. The van der Waals surface area contributed by atoms with Crippen LogP contribution < -0.4 is 4.90 Å². The third-order valence-corrected chi connectivity index (χ3v) is 11.8. The molecule has 2 fully saturated rings. The lowest BCUT2D eigenvalue weighted by Crippen LogP contribution is -2.58. The maximum Gasteiger partial charge on any atom is 0.238 e. The Kier molecular flexibility index (Phi) is 7.59. The number of rotatable bonds is 5. The molecule has 250 valence electrons. The minimum Gasteiger partial charge on any atom is -0.507 e. The lowest BCUT2D eigenvalue weighted by Gasteiger charge is -2.55. The number of aromatic hydroxyl groups is 1. The van der Waals surface area contributed by atoms with Crippen LogP contribution in [0.5, 0.6) is 5.75 Å². The first kappa shape index (κ1) is 31.9. The van der Waals surface area contributed by atoms with Crippen LogP contribution in [0.25, 0.3) is 5.57 Å². The number of allylic oxidation sites excluding steroid dienone is 4. The van der Waals surface area contributed by atoms with Crippen molar-refractivity contribution in [3.8, 4) is 5.75 Å². The number of ketones is 2. The summed E-state index contributed by atoms with van der Waals surface area (Å²) in [6, 6.07) is 30.3. The molecule has 6 nitrogen and oxygen atoms in total. The molecule has 6 heteroatoms. The van der Waals surface area contributed by atoms with Crippen LogP contribution in [-0.2, 0) is 31.0 Å². The number of hydrogen-bond donors (Lipinski definition) is 1. The molecule has 1 aliphatic heterocycles. The summed E-state index contributed by atoms with van der Waals surface area (Å²) in [6.45, 7) is 5.74. The Morgan fingerprint density at radius 1 is 0.800 bits per heavy atom. The number of anilines is 1. The second-order valence-electron chi connectivity index (χ2n) is 14.3. The average molecular weight is 662 g/mol. The van der Waals surface area contributed by atoms with Crippen molar-refractivity contribution in [2.24, 2.45) is 23.7 Å². The molecule has 0 spiro atoms. The zero-order chi connectivity index (χ0) is 34.9. The summed E-state index contributed by atoms with van der Waals surface area (Å²) < 4.78 is 0. The van der Waals surface area contributed by atoms with Gasteiger partial charge >= 0.3 is 0 Å². The summed E-state index contributed by atoms with van der Waals surface area (Å²) in [5.74, 6) is -3.68. The van der Waals surface area contributed by atoms with Gasteiger partial charge in [-0.1, -0.05) is 104 Å². The molecule has 6 atom stereocenters. The van der Waals surface area contributed by atoms with Crippen molar-refractivity contribution in [1.29, 1.82) is 0 Å². The number of carbonyl (C=O) groups is 4. The van der Waals surface area contributed by atoms with Gasteiger partial charge in [-0.05, 0) is 90.6 Å². The van der Waals surface area contributed by atoms with Gasteiger partial charge < -0.3 is 5.11 Å². The van der Waals surface area contributed by atoms with Gasteiger partial charge in [0.2, 0.25) is 11.8 Å². The number of nitrogens with zero attached hydrogens (tertiary/aromatic N) is 1. The van der Waals surface area contributed by atoms with E-state index in [1.807, 2.05) is 111 Å². The smallest absolute Gasteiger partial charge is 0.238 e. The molecule has 1 saturated heterocycles. The van der Waals surface area contributed by atoms with Crippen molar-refractivity contribution in [3.05, 3.63) is 148 Å². The Hall–Kier alpha value is -5.36. The van der Waals surface area contributed by atoms with Crippen molar-refractivity contribution in [2.75, 3.05) is 4.90 Å². The Bertz CT molecular complexity index is 2110. The summed E-state index contributed by atoms with van der Waals surface area (Å²) in [5, 5.41) is 10.9. The van der Waals surface area contributed by atoms with Crippen LogP contribution in [0.1, 0.15) is 59.1 Å². The highest BCUT2D eigenvalue weighted by molar-refractivity contribution is 6.32.